The predicted molar refractivity (Wildman–Crippen MR) is 60.1 cm³/mol. The molecule has 1 atom stereocenters. The van der Waals surface area contributed by atoms with Crippen molar-refractivity contribution in [2.75, 3.05) is 25.1 Å². The minimum absolute atomic E-state index is 0.0336. The van der Waals surface area contributed by atoms with Gasteiger partial charge in [-0.1, -0.05) is 13.8 Å². The molecular formula is C9H20N2O3S. The topological polar surface area (TPSA) is 89.3 Å². The van der Waals surface area contributed by atoms with Crippen LogP contribution < -0.4 is 11.1 Å². The van der Waals surface area contributed by atoms with E-state index in [0.717, 1.165) is 6.26 Å². The van der Waals surface area contributed by atoms with Crippen LogP contribution in [0.3, 0.4) is 0 Å². The molecule has 0 aliphatic carbocycles. The first-order valence-electron chi connectivity index (χ1n) is 4.93. The maximum Gasteiger partial charge on any atom is 0.224 e. The van der Waals surface area contributed by atoms with E-state index < -0.39 is 9.84 Å². The number of nitrogens with two attached hydrogens (primary N) is 1. The molecule has 0 aromatic heterocycles. The largest absolute Gasteiger partial charge is 0.355 e. The zero-order valence-corrected chi connectivity index (χ0v) is 10.3. The standard InChI is InChI=1S/C9H20N2O3S/c1-7(2)8(6-10)9(12)11-4-5-15(3,13)14/h7-8H,4-6,10H2,1-3H3,(H,11,12). The molecule has 15 heavy (non-hydrogen) atoms. The molecule has 0 heterocycles. The number of carbonyl (C=O) groups excluding carboxylic acids is 1. The highest BCUT2D eigenvalue weighted by Crippen LogP contribution is 2.08. The zero-order valence-electron chi connectivity index (χ0n) is 9.49. The Bertz CT molecular complexity index is 298. The van der Waals surface area contributed by atoms with E-state index in [1.54, 1.807) is 0 Å². The summed E-state index contributed by atoms with van der Waals surface area (Å²) in [5.74, 6) is -0.289. The van der Waals surface area contributed by atoms with Crippen LogP contribution in [0, 0.1) is 11.8 Å². The van der Waals surface area contributed by atoms with Gasteiger partial charge in [0.1, 0.15) is 9.84 Å². The van der Waals surface area contributed by atoms with Crippen molar-refractivity contribution >= 4 is 15.7 Å². The molecule has 6 heteroatoms. The first kappa shape index (κ1) is 14.4. The molecule has 0 aliphatic heterocycles. The Morgan fingerprint density at radius 3 is 2.27 bits per heavy atom. The third-order valence-corrected chi connectivity index (χ3v) is 3.11. The van der Waals surface area contributed by atoms with E-state index >= 15 is 0 Å². The summed E-state index contributed by atoms with van der Waals surface area (Å²) in [6.07, 6.45) is 1.14. The van der Waals surface area contributed by atoms with E-state index in [4.69, 9.17) is 5.73 Å². The van der Waals surface area contributed by atoms with Crippen molar-refractivity contribution in [1.29, 1.82) is 0 Å². The Hall–Kier alpha value is -0.620. The Morgan fingerprint density at radius 1 is 1.40 bits per heavy atom. The molecule has 0 rings (SSSR count). The fraction of sp³-hybridized carbons (Fsp3) is 0.889. The number of rotatable bonds is 6. The van der Waals surface area contributed by atoms with Crippen molar-refractivity contribution in [3.8, 4) is 0 Å². The molecule has 3 N–H and O–H groups in total. The molecule has 5 nitrogen and oxygen atoms in total. The van der Waals surface area contributed by atoms with Gasteiger partial charge in [0.15, 0.2) is 0 Å². The van der Waals surface area contributed by atoms with Crippen LogP contribution in [-0.4, -0.2) is 39.4 Å². The van der Waals surface area contributed by atoms with E-state index in [0.29, 0.717) is 0 Å². The summed E-state index contributed by atoms with van der Waals surface area (Å²) in [5.41, 5.74) is 5.45. The molecule has 0 spiro atoms. The van der Waals surface area contributed by atoms with Gasteiger partial charge in [-0.05, 0) is 5.92 Å². The molecule has 0 aromatic carbocycles. The van der Waals surface area contributed by atoms with E-state index in [9.17, 15) is 13.2 Å². The van der Waals surface area contributed by atoms with Crippen LogP contribution in [0.1, 0.15) is 13.8 Å². The third-order valence-electron chi connectivity index (χ3n) is 2.17. The lowest BCUT2D eigenvalue weighted by Crippen LogP contribution is -2.39. The second-order valence-corrected chi connectivity index (χ2v) is 6.27. The molecule has 0 aliphatic rings. The Morgan fingerprint density at radius 2 is 1.93 bits per heavy atom. The predicted octanol–water partition coefficient (Wildman–Crippen LogP) is -0.622. The van der Waals surface area contributed by atoms with E-state index in [1.807, 2.05) is 13.8 Å². The molecule has 0 aromatic rings. The van der Waals surface area contributed by atoms with Gasteiger partial charge in [-0.3, -0.25) is 4.79 Å². The maximum absolute atomic E-state index is 11.5. The Labute approximate surface area is 91.3 Å². The number of amides is 1. The second kappa shape index (κ2) is 6.07. The summed E-state index contributed by atoms with van der Waals surface area (Å²) in [6, 6.07) is 0. The maximum atomic E-state index is 11.5. The third kappa shape index (κ3) is 6.46. The molecule has 90 valence electrons. The molecule has 1 unspecified atom stereocenters. The normalized spacial score (nSPS) is 13.9. The van der Waals surface area contributed by atoms with Gasteiger partial charge < -0.3 is 11.1 Å². The summed E-state index contributed by atoms with van der Waals surface area (Å²) in [5, 5.41) is 2.57. The van der Waals surface area contributed by atoms with Crippen LogP contribution in [0.4, 0.5) is 0 Å². The molecular weight excluding hydrogens is 216 g/mol. The lowest BCUT2D eigenvalue weighted by molar-refractivity contribution is -0.125. The minimum atomic E-state index is -3.02. The van der Waals surface area contributed by atoms with Crippen LogP contribution in [0.2, 0.25) is 0 Å². The smallest absolute Gasteiger partial charge is 0.224 e. The van der Waals surface area contributed by atoms with Gasteiger partial charge >= 0.3 is 0 Å². The number of nitrogens with one attached hydrogen (secondary N) is 1. The van der Waals surface area contributed by atoms with E-state index in [1.165, 1.54) is 0 Å². The van der Waals surface area contributed by atoms with Crippen molar-refractivity contribution < 1.29 is 13.2 Å². The summed E-state index contributed by atoms with van der Waals surface area (Å²) >= 11 is 0. The summed E-state index contributed by atoms with van der Waals surface area (Å²) in [6.45, 7) is 4.25. The van der Waals surface area contributed by atoms with Gasteiger partial charge in [-0.2, -0.15) is 0 Å². The average Bonchev–Trinajstić information content (AvgIpc) is 2.01. The Balaban J connectivity index is 4.03. The minimum Gasteiger partial charge on any atom is -0.355 e. The SMILES string of the molecule is CC(C)C(CN)C(=O)NCCS(C)(=O)=O. The van der Waals surface area contributed by atoms with Gasteiger partial charge in [0.2, 0.25) is 5.91 Å². The Kier molecular flexibility index (Phi) is 5.82. The lowest BCUT2D eigenvalue weighted by atomic mass is 9.95. The molecule has 0 saturated carbocycles. The summed E-state index contributed by atoms with van der Waals surface area (Å²) in [4.78, 5) is 11.5. The van der Waals surface area contributed by atoms with Crippen LogP contribution in [0.5, 0.6) is 0 Å². The molecule has 0 fully saturated rings. The van der Waals surface area contributed by atoms with E-state index in [-0.39, 0.29) is 36.6 Å². The van der Waals surface area contributed by atoms with Crippen molar-refractivity contribution in [3.63, 3.8) is 0 Å². The highest BCUT2D eigenvalue weighted by atomic mass is 32.2. The first-order valence-corrected chi connectivity index (χ1v) is 6.99. The van der Waals surface area contributed by atoms with Gasteiger partial charge in [0.25, 0.3) is 0 Å². The van der Waals surface area contributed by atoms with Crippen molar-refractivity contribution in [2.45, 2.75) is 13.8 Å². The van der Waals surface area contributed by atoms with Crippen molar-refractivity contribution in [1.82, 2.24) is 5.32 Å². The van der Waals surface area contributed by atoms with Crippen molar-refractivity contribution in [3.05, 3.63) is 0 Å². The fourth-order valence-electron chi connectivity index (χ4n) is 1.17. The number of sulfone groups is 1. The number of hydrogen-bond acceptors (Lipinski definition) is 4. The lowest BCUT2D eigenvalue weighted by Gasteiger charge is -2.17. The quantitative estimate of drug-likeness (QED) is 0.643. The average molecular weight is 236 g/mol. The molecule has 0 saturated heterocycles. The highest BCUT2D eigenvalue weighted by molar-refractivity contribution is 7.90. The van der Waals surface area contributed by atoms with Crippen LogP contribution in [0.15, 0.2) is 0 Å². The van der Waals surface area contributed by atoms with Gasteiger partial charge in [-0.25, -0.2) is 8.42 Å². The number of carbonyl (C=O) groups is 1. The first-order chi connectivity index (χ1) is 6.78. The van der Waals surface area contributed by atoms with Crippen LogP contribution in [-0.2, 0) is 14.6 Å². The van der Waals surface area contributed by atoms with Gasteiger partial charge in [-0.15, -0.1) is 0 Å². The molecule has 0 radical (unpaired) electrons. The highest BCUT2D eigenvalue weighted by Gasteiger charge is 2.20. The van der Waals surface area contributed by atoms with Gasteiger partial charge in [0, 0.05) is 19.3 Å². The second-order valence-electron chi connectivity index (χ2n) is 4.01. The van der Waals surface area contributed by atoms with Crippen molar-refractivity contribution in [2.24, 2.45) is 17.6 Å². The molecule has 1 amide bonds. The van der Waals surface area contributed by atoms with Gasteiger partial charge in [0.05, 0.1) is 11.7 Å². The van der Waals surface area contributed by atoms with Crippen LogP contribution in [0.25, 0.3) is 0 Å². The summed E-state index contributed by atoms with van der Waals surface area (Å²) in [7, 11) is -3.02. The fourth-order valence-corrected chi connectivity index (χ4v) is 1.65. The zero-order chi connectivity index (χ0) is 12.1. The monoisotopic (exact) mass is 236 g/mol. The summed E-state index contributed by atoms with van der Waals surface area (Å²) < 4.78 is 21.6. The van der Waals surface area contributed by atoms with Crippen LogP contribution >= 0.6 is 0 Å². The number of hydrogen-bond donors (Lipinski definition) is 2. The van der Waals surface area contributed by atoms with E-state index in [2.05, 4.69) is 5.32 Å². The molecule has 0 bridgehead atoms.